The minimum atomic E-state index is -0.110. The number of anilines is 1. The second-order valence-electron chi connectivity index (χ2n) is 5.83. The van der Waals surface area contributed by atoms with E-state index in [1.54, 1.807) is 12.4 Å². The maximum absolute atomic E-state index is 11.9. The lowest BCUT2D eigenvalue weighted by Crippen LogP contribution is -2.27. The summed E-state index contributed by atoms with van der Waals surface area (Å²) in [6.45, 7) is 1.63. The first-order chi connectivity index (χ1) is 10.1. The summed E-state index contributed by atoms with van der Waals surface area (Å²) in [6, 6.07) is 0.482. The molecule has 1 aromatic heterocycles. The van der Waals surface area contributed by atoms with Gasteiger partial charge < -0.3 is 15.5 Å². The molecule has 0 aromatic carbocycles. The smallest absolute Gasteiger partial charge is 0.254 e. The topological polar surface area (TPSA) is 70.2 Å². The first-order valence-electron chi connectivity index (χ1n) is 7.66. The molecule has 1 heterocycles. The lowest BCUT2D eigenvalue weighted by molar-refractivity contribution is 0.0951. The Balaban J connectivity index is 1.76. The zero-order valence-electron chi connectivity index (χ0n) is 12.9. The van der Waals surface area contributed by atoms with Gasteiger partial charge in [0.1, 0.15) is 0 Å². The zero-order valence-corrected chi connectivity index (χ0v) is 12.9. The highest BCUT2D eigenvalue weighted by atomic mass is 16.1. The lowest BCUT2D eigenvalue weighted by Gasteiger charge is -2.12. The predicted molar refractivity (Wildman–Crippen MR) is 83.4 cm³/mol. The van der Waals surface area contributed by atoms with Gasteiger partial charge >= 0.3 is 0 Å². The van der Waals surface area contributed by atoms with E-state index in [2.05, 4.69) is 25.5 Å². The van der Waals surface area contributed by atoms with Crippen molar-refractivity contribution in [3.8, 4) is 0 Å². The molecule has 1 aliphatic rings. The number of aromatic nitrogens is 2. The average Bonchev–Trinajstić information content (AvgIpc) is 2.97. The van der Waals surface area contributed by atoms with E-state index in [0.717, 1.165) is 13.0 Å². The molecule has 0 radical (unpaired) electrons. The Hall–Kier alpha value is -1.69. The van der Waals surface area contributed by atoms with E-state index in [4.69, 9.17) is 0 Å². The van der Waals surface area contributed by atoms with Crippen molar-refractivity contribution in [1.29, 1.82) is 0 Å². The summed E-state index contributed by atoms with van der Waals surface area (Å²) in [7, 11) is 4.04. The predicted octanol–water partition coefficient (Wildman–Crippen LogP) is 1.51. The van der Waals surface area contributed by atoms with Crippen LogP contribution in [0.4, 0.5) is 5.95 Å². The fourth-order valence-electron chi connectivity index (χ4n) is 2.47. The third-order valence-electron chi connectivity index (χ3n) is 3.67. The number of nitrogens with one attached hydrogen (secondary N) is 2. The summed E-state index contributed by atoms with van der Waals surface area (Å²) in [5.41, 5.74) is 0.511. The Bertz CT molecular complexity index is 440. The minimum Gasteiger partial charge on any atom is -0.352 e. The molecule has 1 aliphatic carbocycles. The van der Waals surface area contributed by atoms with Crippen molar-refractivity contribution in [1.82, 2.24) is 20.2 Å². The normalized spacial score (nSPS) is 15.4. The van der Waals surface area contributed by atoms with Crippen LogP contribution in [0.1, 0.15) is 42.5 Å². The number of amides is 1. The SMILES string of the molecule is CN(C)CCCNC(=O)c1cnc(NC2CCCC2)nc1. The fourth-order valence-corrected chi connectivity index (χ4v) is 2.47. The van der Waals surface area contributed by atoms with Gasteiger partial charge in [0.25, 0.3) is 5.91 Å². The Kier molecular flexibility index (Phi) is 5.92. The van der Waals surface area contributed by atoms with E-state index < -0.39 is 0 Å². The molecule has 0 saturated heterocycles. The van der Waals surface area contributed by atoms with Gasteiger partial charge in [-0.05, 0) is 39.9 Å². The van der Waals surface area contributed by atoms with Gasteiger partial charge in [-0.15, -0.1) is 0 Å². The van der Waals surface area contributed by atoms with Crippen LogP contribution in [0, 0.1) is 0 Å². The van der Waals surface area contributed by atoms with Gasteiger partial charge in [-0.25, -0.2) is 9.97 Å². The molecule has 6 nitrogen and oxygen atoms in total. The highest BCUT2D eigenvalue weighted by Crippen LogP contribution is 2.20. The zero-order chi connectivity index (χ0) is 15.1. The molecule has 0 unspecified atom stereocenters. The molecule has 2 N–H and O–H groups in total. The van der Waals surface area contributed by atoms with E-state index in [-0.39, 0.29) is 5.91 Å². The maximum atomic E-state index is 11.9. The molecule has 0 spiro atoms. The monoisotopic (exact) mass is 291 g/mol. The van der Waals surface area contributed by atoms with Gasteiger partial charge in [0, 0.05) is 25.0 Å². The quantitative estimate of drug-likeness (QED) is 0.745. The third kappa shape index (κ3) is 5.30. The van der Waals surface area contributed by atoms with Crippen molar-refractivity contribution < 1.29 is 4.79 Å². The van der Waals surface area contributed by atoms with Gasteiger partial charge in [-0.1, -0.05) is 12.8 Å². The van der Waals surface area contributed by atoms with Crippen molar-refractivity contribution in [2.24, 2.45) is 0 Å². The lowest BCUT2D eigenvalue weighted by atomic mass is 10.2. The summed E-state index contributed by atoms with van der Waals surface area (Å²) in [6.07, 6.45) is 9.00. The summed E-state index contributed by atoms with van der Waals surface area (Å²) < 4.78 is 0. The van der Waals surface area contributed by atoms with Gasteiger partial charge in [-0.2, -0.15) is 0 Å². The summed E-state index contributed by atoms with van der Waals surface area (Å²) in [5.74, 6) is 0.507. The second-order valence-corrected chi connectivity index (χ2v) is 5.83. The Morgan fingerprint density at radius 1 is 1.29 bits per heavy atom. The van der Waals surface area contributed by atoms with Crippen molar-refractivity contribution in [3.05, 3.63) is 18.0 Å². The molecular formula is C15H25N5O. The van der Waals surface area contributed by atoms with Crippen molar-refractivity contribution in [2.45, 2.75) is 38.1 Å². The standard InChI is InChI=1S/C15H25N5O/c1-20(2)9-5-8-16-14(21)12-10-17-15(18-11-12)19-13-6-3-4-7-13/h10-11,13H,3-9H2,1-2H3,(H,16,21)(H,17,18,19). The molecule has 6 heteroatoms. The Labute approximate surface area is 126 Å². The van der Waals surface area contributed by atoms with E-state index in [1.165, 1.54) is 25.7 Å². The molecule has 0 aliphatic heterocycles. The van der Waals surface area contributed by atoms with Crippen LogP contribution >= 0.6 is 0 Å². The van der Waals surface area contributed by atoms with Crippen LogP contribution in [-0.2, 0) is 0 Å². The highest BCUT2D eigenvalue weighted by Gasteiger charge is 2.15. The summed E-state index contributed by atoms with van der Waals surface area (Å²) >= 11 is 0. The minimum absolute atomic E-state index is 0.110. The van der Waals surface area contributed by atoms with Crippen molar-refractivity contribution in [3.63, 3.8) is 0 Å². The van der Waals surface area contributed by atoms with Gasteiger partial charge in [-0.3, -0.25) is 4.79 Å². The number of carbonyl (C=O) groups is 1. The van der Waals surface area contributed by atoms with Crippen LogP contribution in [0.25, 0.3) is 0 Å². The van der Waals surface area contributed by atoms with E-state index >= 15 is 0 Å². The molecule has 0 atom stereocenters. The van der Waals surface area contributed by atoms with E-state index in [0.29, 0.717) is 24.1 Å². The third-order valence-corrected chi connectivity index (χ3v) is 3.67. The second kappa shape index (κ2) is 7.93. The molecule has 2 rings (SSSR count). The van der Waals surface area contributed by atoms with Crippen LogP contribution in [-0.4, -0.2) is 54.0 Å². The summed E-state index contributed by atoms with van der Waals surface area (Å²) in [4.78, 5) is 22.5. The largest absolute Gasteiger partial charge is 0.352 e. The molecule has 1 saturated carbocycles. The molecule has 1 fully saturated rings. The van der Waals surface area contributed by atoms with E-state index in [9.17, 15) is 4.79 Å². The highest BCUT2D eigenvalue weighted by molar-refractivity contribution is 5.93. The van der Waals surface area contributed by atoms with Gasteiger partial charge in [0.2, 0.25) is 5.95 Å². The van der Waals surface area contributed by atoms with Crippen molar-refractivity contribution >= 4 is 11.9 Å². The molecule has 21 heavy (non-hydrogen) atoms. The molecule has 1 amide bonds. The van der Waals surface area contributed by atoms with Crippen LogP contribution in [0.15, 0.2) is 12.4 Å². The van der Waals surface area contributed by atoms with Crippen LogP contribution < -0.4 is 10.6 Å². The summed E-state index contributed by atoms with van der Waals surface area (Å²) in [5, 5.41) is 6.19. The van der Waals surface area contributed by atoms with Crippen LogP contribution in [0.2, 0.25) is 0 Å². The molecule has 116 valence electrons. The average molecular weight is 291 g/mol. The number of carbonyl (C=O) groups excluding carboxylic acids is 1. The van der Waals surface area contributed by atoms with E-state index in [1.807, 2.05) is 14.1 Å². The first-order valence-corrected chi connectivity index (χ1v) is 7.66. The number of hydrogen-bond acceptors (Lipinski definition) is 5. The number of rotatable bonds is 7. The van der Waals surface area contributed by atoms with Gasteiger partial charge in [0.15, 0.2) is 0 Å². The van der Waals surface area contributed by atoms with Crippen LogP contribution in [0.3, 0.4) is 0 Å². The fraction of sp³-hybridized carbons (Fsp3) is 0.667. The van der Waals surface area contributed by atoms with Crippen LogP contribution in [0.5, 0.6) is 0 Å². The molecule has 0 bridgehead atoms. The Morgan fingerprint density at radius 2 is 1.95 bits per heavy atom. The Morgan fingerprint density at radius 3 is 2.57 bits per heavy atom. The number of nitrogens with zero attached hydrogens (tertiary/aromatic N) is 3. The maximum Gasteiger partial charge on any atom is 0.254 e. The molecular weight excluding hydrogens is 266 g/mol. The number of hydrogen-bond donors (Lipinski definition) is 2. The van der Waals surface area contributed by atoms with Gasteiger partial charge in [0.05, 0.1) is 5.56 Å². The van der Waals surface area contributed by atoms with Crippen molar-refractivity contribution in [2.75, 3.05) is 32.5 Å². The first kappa shape index (κ1) is 15.7. The molecule has 1 aromatic rings.